The molecule has 5 heteroatoms. The smallest absolute Gasteiger partial charge is 0.0510 e. The molecule has 3 unspecified atom stereocenters. The summed E-state index contributed by atoms with van der Waals surface area (Å²) in [6, 6.07) is 0.325. The van der Waals surface area contributed by atoms with Gasteiger partial charge in [0.25, 0.3) is 0 Å². The molecule has 0 bridgehead atoms. The van der Waals surface area contributed by atoms with E-state index in [9.17, 15) is 4.21 Å². The minimum absolute atomic E-state index is 0.325. The number of ether oxygens (including phenoxy) is 2. The molecule has 1 aliphatic heterocycles. The topological polar surface area (TPSA) is 47.6 Å². The van der Waals surface area contributed by atoms with Crippen molar-refractivity contribution in [2.24, 2.45) is 5.92 Å². The highest BCUT2D eigenvalue weighted by atomic mass is 32.2. The average molecular weight is 249 g/mol. The summed E-state index contributed by atoms with van der Waals surface area (Å²) in [6.45, 7) is 2.35. The lowest BCUT2D eigenvalue weighted by Crippen LogP contribution is -2.39. The Bertz CT molecular complexity index is 207. The zero-order valence-corrected chi connectivity index (χ0v) is 11.1. The summed E-state index contributed by atoms with van der Waals surface area (Å²) in [5, 5.41) is 3.26. The summed E-state index contributed by atoms with van der Waals surface area (Å²) in [4.78, 5) is 0. The number of methoxy groups -OCH3 is 1. The van der Waals surface area contributed by atoms with Gasteiger partial charge in [0, 0.05) is 54.6 Å². The minimum atomic E-state index is -0.746. The van der Waals surface area contributed by atoms with Crippen LogP contribution in [0.15, 0.2) is 0 Å². The van der Waals surface area contributed by atoms with Crippen LogP contribution in [-0.4, -0.2) is 55.7 Å². The summed E-state index contributed by atoms with van der Waals surface area (Å²) in [7, 11) is 2.87. The lowest BCUT2D eigenvalue weighted by molar-refractivity contribution is 0.179. The molecule has 0 aliphatic carbocycles. The van der Waals surface area contributed by atoms with E-state index in [0.29, 0.717) is 18.6 Å². The quantitative estimate of drug-likeness (QED) is 0.633. The lowest BCUT2D eigenvalue weighted by Gasteiger charge is -2.21. The van der Waals surface area contributed by atoms with Crippen LogP contribution in [-0.2, 0) is 20.3 Å². The van der Waals surface area contributed by atoms with Crippen LogP contribution in [0.1, 0.15) is 12.8 Å². The second kappa shape index (κ2) is 8.17. The third-order valence-corrected chi connectivity index (χ3v) is 4.47. The van der Waals surface area contributed by atoms with Crippen molar-refractivity contribution in [3.8, 4) is 0 Å². The van der Waals surface area contributed by atoms with Crippen molar-refractivity contribution in [1.82, 2.24) is 5.32 Å². The van der Waals surface area contributed by atoms with E-state index >= 15 is 0 Å². The van der Waals surface area contributed by atoms with Crippen molar-refractivity contribution in [3.05, 3.63) is 0 Å². The molecule has 0 spiro atoms. The molecule has 0 aromatic carbocycles. The maximum atomic E-state index is 11.8. The molecule has 3 atom stereocenters. The second-order valence-electron chi connectivity index (χ2n) is 4.18. The van der Waals surface area contributed by atoms with Gasteiger partial charge < -0.3 is 14.8 Å². The molecule has 1 aliphatic rings. The highest BCUT2D eigenvalue weighted by Gasteiger charge is 2.25. The van der Waals surface area contributed by atoms with Crippen LogP contribution in [0.2, 0.25) is 0 Å². The molecule has 0 saturated carbocycles. The SMILES string of the molecule is CNC(CS(=O)CCCOC)C1CCOC1. The number of hydrogen-bond donors (Lipinski definition) is 1. The average Bonchev–Trinajstić information content (AvgIpc) is 2.79. The van der Waals surface area contributed by atoms with E-state index in [1.165, 1.54) is 0 Å². The van der Waals surface area contributed by atoms with E-state index in [1.54, 1.807) is 7.11 Å². The van der Waals surface area contributed by atoms with E-state index in [2.05, 4.69) is 5.32 Å². The molecule has 16 heavy (non-hydrogen) atoms. The van der Waals surface area contributed by atoms with Crippen molar-refractivity contribution in [3.63, 3.8) is 0 Å². The fraction of sp³-hybridized carbons (Fsp3) is 1.00. The van der Waals surface area contributed by atoms with Crippen molar-refractivity contribution in [1.29, 1.82) is 0 Å². The predicted molar refractivity (Wildman–Crippen MR) is 66.1 cm³/mol. The van der Waals surface area contributed by atoms with Crippen molar-refractivity contribution >= 4 is 10.8 Å². The Hall–Kier alpha value is 0.0300. The maximum absolute atomic E-state index is 11.8. The Morgan fingerprint density at radius 3 is 3.00 bits per heavy atom. The predicted octanol–water partition coefficient (Wildman–Crippen LogP) is 0.396. The van der Waals surface area contributed by atoms with Crippen LogP contribution >= 0.6 is 0 Å². The largest absolute Gasteiger partial charge is 0.385 e. The van der Waals surface area contributed by atoms with E-state index in [1.807, 2.05) is 7.05 Å². The molecule has 0 aromatic heterocycles. The first-order chi connectivity index (χ1) is 7.77. The zero-order chi connectivity index (χ0) is 11.8. The highest BCUT2D eigenvalue weighted by molar-refractivity contribution is 7.85. The van der Waals surface area contributed by atoms with Crippen LogP contribution in [0.3, 0.4) is 0 Å². The fourth-order valence-electron chi connectivity index (χ4n) is 1.97. The number of rotatable bonds is 8. The summed E-state index contributed by atoms with van der Waals surface area (Å²) < 4.78 is 22.1. The van der Waals surface area contributed by atoms with Gasteiger partial charge in [0.2, 0.25) is 0 Å². The van der Waals surface area contributed by atoms with E-state index in [-0.39, 0.29) is 0 Å². The Morgan fingerprint density at radius 2 is 2.44 bits per heavy atom. The molecule has 1 fully saturated rings. The highest BCUT2D eigenvalue weighted by Crippen LogP contribution is 2.17. The van der Waals surface area contributed by atoms with Gasteiger partial charge >= 0.3 is 0 Å². The minimum Gasteiger partial charge on any atom is -0.385 e. The van der Waals surface area contributed by atoms with Gasteiger partial charge in [-0.15, -0.1) is 0 Å². The van der Waals surface area contributed by atoms with Gasteiger partial charge in [-0.2, -0.15) is 0 Å². The Balaban J connectivity index is 2.23. The van der Waals surface area contributed by atoms with Gasteiger partial charge in [0.05, 0.1) is 6.61 Å². The zero-order valence-electron chi connectivity index (χ0n) is 10.2. The summed E-state index contributed by atoms with van der Waals surface area (Å²) in [6.07, 6.45) is 1.96. The van der Waals surface area contributed by atoms with Gasteiger partial charge in [-0.05, 0) is 19.9 Å². The molecule has 1 saturated heterocycles. The molecular weight excluding hydrogens is 226 g/mol. The lowest BCUT2D eigenvalue weighted by atomic mass is 10.0. The molecule has 1 rings (SSSR count). The Morgan fingerprint density at radius 1 is 1.62 bits per heavy atom. The fourth-order valence-corrected chi connectivity index (χ4v) is 3.42. The van der Waals surface area contributed by atoms with Gasteiger partial charge in [-0.25, -0.2) is 0 Å². The van der Waals surface area contributed by atoms with Crippen molar-refractivity contribution < 1.29 is 13.7 Å². The van der Waals surface area contributed by atoms with Crippen LogP contribution in [0.5, 0.6) is 0 Å². The van der Waals surface area contributed by atoms with Crippen LogP contribution in [0.25, 0.3) is 0 Å². The standard InChI is InChI=1S/C11H23NO3S/c1-12-11(10-4-6-15-8-10)9-16(13)7-3-5-14-2/h10-12H,3-9H2,1-2H3. The van der Waals surface area contributed by atoms with Crippen molar-refractivity contribution in [2.45, 2.75) is 18.9 Å². The molecule has 96 valence electrons. The molecule has 4 nitrogen and oxygen atoms in total. The summed E-state index contributed by atoms with van der Waals surface area (Å²) in [5.74, 6) is 1.99. The van der Waals surface area contributed by atoms with Gasteiger partial charge in [0.15, 0.2) is 0 Å². The summed E-state index contributed by atoms with van der Waals surface area (Å²) in [5.41, 5.74) is 0. The maximum Gasteiger partial charge on any atom is 0.0510 e. The molecule has 1 heterocycles. The van der Waals surface area contributed by atoms with E-state index < -0.39 is 10.8 Å². The monoisotopic (exact) mass is 249 g/mol. The normalized spacial score (nSPS) is 24.5. The van der Waals surface area contributed by atoms with E-state index in [0.717, 1.165) is 37.6 Å². The third kappa shape index (κ3) is 4.91. The molecule has 1 N–H and O–H groups in total. The van der Waals surface area contributed by atoms with Crippen LogP contribution in [0, 0.1) is 5.92 Å². The molecule has 0 aromatic rings. The van der Waals surface area contributed by atoms with Crippen molar-refractivity contribution in [2.75, 3.05) is 45.5 Å². The Kier molecular flexibility index (Phi) is 7.20. The second-order valence-corrected chi connectivity index (χ2v) is 5.80. The molecular formula is C11H23NO3S. The first-order valence-electron chi connectivity index (χ1n) is 5.87. The van der Waals surface area contributed by atoms with Gasteiger partial charge in [0.1, 0.15) is 0 Å². The first kappa shape index (κ1) is 14.1. The van der Waals surface area contributed by atoms with Gasteiger partial charge in [-0.3, -0.25) is 4.21 Å². The Labute approximate surface area is 101 Å². The number of hydrogen-bond acceptors (Lipinski definition) is 4. The van der Waals surface area contributed by atoms with Crippen LogP contribution in [0.4, 0.5) is 0 Å². The molecule has 0 amide bonds. The van der Waals surface area contributed by atoms with Crippen LogP contribution < -0.4 is 5.32 Å². The van der Waals surface area contributed by atoms with E-state index in [4.69, 9.17) is 9.47 Å². The van der Waals surface area contributed by atoms with Gasteiger partial charge in [-0.1, -0.05) is 0 Å². The number of nitrogens with one attached hydrogen (secondary N) is 1. The third-order valence-electron chi connectivity index (χ3n) is 2.99. The summed E-state index contributed by atoms with van der Waals surface area (Å²) >= 11 is 0. The first-order valence-corrected chi connectivity index (χ1v) is 7.35. The molecule has 0 radical (unpaired) electrons.